The first-order chi connectivity index (χ1) is 9.35. The van der Waals surface area contributed by atoms with Crippen molar-refractivity contribution in [1.29, 1.82) is 0 Å². The fourth-order valence-corrected chi connectivity index (χ4v) is 2.62. The largest absolute Gasteiger partial charge is 0.490 e. The van der Waals surface area contributed by atoms with E-state index in [1.807, 2.05) is 18.3 Å². The van der Waals surface area contributed by atoms with Gasteiger partial charge in [-0.1, -0.05) is 6.92 Å². The van der Waals surface area contributed by atoms with Crippen LogP contribution < -0.4 is 9.64 Å². The monoisotopic (exact) mass is 264 g/mol. The summed E-state index contributed by atoms with van der Waals surface area (Å²) in [6.45, 7) is 5.11. The standard InChI is InChI=1S/C15H24N2O2/c1-2-11-19-14-6-3-8-16-15(14)17-9-4-5-13(12-17)7-10-18/h3,6,8,13,18H,2,4-5,7,9-12H2,1H3. The van der Waals surface area contributed by atoms with Crippen LogP contribution in [0.5, 0.6) is 5.75 Å². The first kappa shape index (κ1) is 14.1. The van der Waals surface area contributed by atoms with Crippen LogP contribution in [0.2, 0.25) is 0 Å². The van der Waals surface area contributed by atoms with Gasteiger partial charge < -0.3 is 14.7 Å². The Morgan fingerprint density at radius 2 is 2.42 bits per heavy atom. The maximum absolute atomic E-state index is 9.09. The molecule has 4 heteroatoms. The van der Waals surface area contributed by atoms with Crippen molar-refractivity contribution in [2.75, 3.05) is 31.2 Å². The van der Waals surface area contributed by atoms with Gasteiger partial charge in [-0.25, -0.2) is 4.98 Å². The van der Waals surface area contributed by atoms with Crippen molar-refractivity contribution in [2.24, 2.45) is 5.92 Å². The second kappa shape index (κ2) is 7.34. The number of nitrogens with zero attached hydrogens (tertiary/aromatic N) is 2. The lowest BCUT2D eigenvalue weighted by Gasteiger charge is -2.34. The first-order valence-electron chi connectivity index (χ1n) is 7.28. The SMILES string of the molecule is CCCOc1cccnc1N1CCCC(CCO)C1. The number of piperidine rings is 1. The van der Waals surface area contributed by atoms with E-state index in [0.717, 1.165) is 50.5 Å². The number of hydrogen-bond donors (Lipinski definition) is 1. The van der Waals surface area contributed by atoms with E-state index in [-0.39, 0.29) is 6.61 Å². The molecule has 1 saturated heterocycles. The molecule has 2 rings (SSSR count). The van der Waals surface area contributed by atoms with Gasteiger partial charge in [-0.3, -0.25) is 0 Å². The van der Waals surface area contributed by atoms with Crippen LogP contribution in [0.15, 0.2) is 18.3 Å². The molecular weight excluding hydrogens is 240 g/mol. The normalized spacial score (nSPS) is 19.5. The maximum atomic E-state index is 9.09. The summed E-state index contributed by atoms with van der Waals surface area (Å²) >= 11 is 0. The van der Waals surface area contributed by atoms with E-state index < -0.39 is 0 Å². The second-order valence-corrected chi connectivity index (χ2v) is 5.14. The molecule has 1 aromatic rings. The molecule has 0 aromatic carbocycles. The van der Waals surface area contributed by atoms with E-state index in [4.69, 9.17) is 9.84 Å². The van der Waals surface area contributed by atoms with E-state index in [2.05, 4.69) is 16.8 Å². The number of aliphatic hydroxyl groups is 1. The third-order valence-electron chi connectivity index (χ3n) is 3.57. The van der Waals surface area contributed by atoms with Crippen molar-refractivity contribution < 1.29 is 9.84 Å². The van der Waals surface area contributed by atoms with E-state index >= 15 is 0 Å². The predicted octanol–water partition coefficient (Wildman–Crippen LogP) is 2.47. The summed E-state index contributed by atoms with van der Waals surface area (Å²) in [7, 11) is 0. The van der Waals surface area contributed by atoms with Crippen LogP contribution in [0.3, 0.4) is 0 Å². The molecule has 1 fully saturated rings. The molecule has 1 unspecified atom stereocenters. The predicted molar refractivity (Wildman–Crippen MR) is 76.7 cm³/mol. The van der Waals surface area contributed by atoms with E-state index in [9.17, 15) is 0 Å². The summed E-state index contributed by atoms with van der Waals surface area (Å²) < 4.78 is 5.78. The van der Waals surface area contributed by atoms with Crippen molar-refractivity contribution in [2.45, 2.75) is 32.6 Å². The second-order valence-electron chi connectivity index (χ2n) is 5.14. The third-order valence-corrected chi connectivity index (χ3v) is 3.57. The topological polar surface area (TPSA) is 45.6 Å². The Balaban J connectivity index is 2.07. The summed E-state index contributed by atoms with van der Waals surface area (Å²) in [5.41, 5.74) is 0. The van der Waals surface area contributed by atoms with E-state index in [1.165, 1.54) is 6.42 Å². The number of pyridine rings is 1. The zero-order chi connectivity index (χ0) is 13.5. The summed E-state index contributed by atoms with van der Waals surface area (Å²) in [5.74, 6) is 2.41. The minimum Gasteiger partial charge on any atom is -0.490 e. The highest BCUT2D eigenvalue weighted by Crippen LogP contribution is 2.30. The Bertz CT molecular complexity index is 382. The van der Waals surface area contributed by atoms with Crippen LogP contribution >= 0.6 is 0 Å². The van der Waals surface area contributed by atoms with Crippen molar-refractivity contribution in [3.63, 3.8) is 0 Å². The lowest BCUT2D eigenvalue weighted by atomic mass is 9.95. The highest BCUT2D eigenvalue weighted by atomic mass is 16.5. The Kier molecular flexibility index (Phi) is 5.45. The minimum atomic E-state index is 0.278. The Hall–Kier alpha value is -1.29. The number of hydrogen-bond acceptors (Lipinski definition) is 4. The molecule has 19 heavy (non-hydrogen) atoms. The lowest BCUT2D eigenvalue weighted by Crippen LogP contribution is -2.36. The number of aliphatic hydroxyl groups excluding tert-OH is 1. The average molecular weight is 264 g/mol. The van der Waals surface area contributed by atoms with Crippen molar-refractivity contribution in [3.8, 4) is 5.75 Å². The fourth-order valence-electron chi connectivity index (χ4n) is 2.62. The quantitative estimate of drug-likeness (QED) is 0.857. The third kappa shape index (κ3) is 3.83. The van der Waals surface area contributed by atoms with Crippen molar-refractivity contribution >= 4 is 5.82 Å². The molecule has 106 valence electrons. The number of rotatable bonds is 6. The van der Waals surface area contributed by atoms with Gasteiger partial charge >= 0.3 is 0 Å². The van der Waals surface area contributed by atoms with Crippen LogP contribution in [-0.4, -0.2) is 36.4 Å². The Labute approximate surface area is 115 Å². The molecule has 1 atom stereocenters. The summed E-state index contributed by atoms with van der Waals surface area (Å²) in [6.07, 6.45) is 6.07. The number of ether oxygens (including phenoxy) is 1. The number of anilines is 1. The Morgan fingerprint density at radius 1 is 1.53 bits per heavy atom. The van der Waals surface area contributed by atoms with Gasteiger partial charge in [0.05, 0.1) is 6.61 Å². The van der Waals surface area contributed by atoms with Gasteiger partial charge in [-0.05, 0) is 43.7 Å². The molecule has 1 N–H and O–H groups in total. The van der Waals surface area contributed by atoms with Gasteiger partial charge in [0.2, 0.25) is 0 Å². The number of aromatic nitrogens is 1. The van der Waals surface area contributed by atoms with Crippen molar-refractivity contribution in [3.05, 3.63) is 18.3 Å². The average Bonchev–Trinajstić information content (AvgIpc) is 2.46. The molecule has 0 bridgehead atoms. The van der Waals surface area contributed by atoms with E-state index in [0.29, 0.717) is 5.92 Å². The maximum Gasteiger partial charge on any atom is 0.171 e. The van der Waals surface area contributed by atoms with Gasteiger partial charge in [-0.15, -0.1) is 0 Å². The van der Waals surface area contributed by atoms with Crippen LogP contribution in [0.1, 0.15) is 32.6 Å². The van der Waals surface area contributed by atoms with E-state index in [1.54, 1.807) is 0 Å². The minimum absolute atomic E-state index is 0.278. The molecule has 1 aromatic heterocycles. The zero-order valence-electron chi connectivity index (χ0n) is 11.7. The fraction of sp³-hybridized carbons (Fsp3) is 0.667. The van der Waals surface area contributed by atoms with Gasteiger partial charge in [0.1, 0.15) is 0 Å². The highest BCUT2D eigenvalue weighted by Gasteiger charge is 2.22. The lowest BCUT2D eigenvalue weighted by molar-refractivity contribution is 0.243. The smallest absolute Gasteiger partial charge is 0.171 e. The molecule has 0 radical (unpaired) electrons. The summed E-state index contributed by atoms with van der Waals surface area (Å²) in [6, 6.07) is 3.91. The first-order valence-corrected chi connectivity index (χ1v) is 7.28. The van der Waals surface area contributed by atoms with Gasteiger partial charge in [-0.2, -0.15) is 0 Å². The summed E-state index contributed by atoms with van der Waals surface area (Å²) in [4.78, 5) is 6.79. The molecule has 4 nitrogen and oxygen atoms in total. The van der Waals surface area contributed by atoms with Crippen LogP contribution in [0, 0.1) is 5.92 Å². The molecule has 0 amide bonds. The van der Waals surface area contributed by atoms with Crippen LogP contribution in [-0.2, 0) is 0 Å². The summed E-state index contributed by atoms with van der Waals surface area (Å²) in [5, 5.41) is 9.09. The van der Waals surface area contributed by atoms with Crippen molar-refractivity contribution in [1.82, 2.24) is 4.98 Å². The molecule has 1 aliphatic heterocycles. The molecule has 2 heterocycles. The highest BCUT2D eigenvalue weighted by molar-refractivity contribution is 5.52. The molecule has 0 aliphatic carbocycles. The molecular formula is C15H24N2O2. The van der Waals surface area contributed by atoms with Crippen LogP contribution in [0.25, 0.3) is 0 Å². The van der Waals surface area contributed by atoms with Gasteiger partial charge in [0.25, 0.3) is 0 Å². The van der Waals surface area contributed by atoms with Gasteiger partial charge in [0.15, 0.2) is 11.6 Å². The van der Waals surface area contributed by atoms with Crippen LogP contribution in [0.4, 0.5) is 5.82 Å². The van der Waals surface area contributed by atoms with Gasteiger partial charge in [0, 0.05) is 25.9 Å². The molecule has 1 aliphatic rings. The zero-order valence-corrected chi connectivity index (χ0v) is 11.7. The Morgan fingerprint density at radius 3 is 3.21 bits per heavy atom. The molecule has 0 saturated carbocycles. The molecule has 0 spiro atoms.